The Morgan fingerprint density at radius 1 is 1.50 bits per heavy atom. The van der Waals surface area contributed by atoms with Gasteiger partial charge in [-0.1, -0.05) is 0 Å². The summed E-state index contributed by atoms with van der Waals surface area (Å²) in [5.41, 5.74) is -2.20. The SMILES string of the molecule is C[C@@H]1CN(Cc2cc([N+](=O)[O-])c(O)c(C(F)(F)F)c2)CCO1. The molecule has 0 unspecified atom stereocenters. The fourth-order valence-corrected chi connectivity index (χ4v) is 2.42. The van der Waals surface area contributed by atoms with E-state index in [9.17, 15) is 28.4 Å². The lowest BCUT2D eigenvalue weighted by Gasteiger charge is -2.31. The molecule has 1 N–H and O–H groups in total. The summed E-state index contributed by atoms with van der Waals surface area (Å²) in [6.45, 7) is 3.47. The van der Waals surface area contributed by atoms with Crippen molar-refractivity contribution in [1.29, 1.82) is 0 Å². The molecule has 1 aliphatic heterocycles. The van der Waals surface area contributed by atoms with Crippen molar-refractivity contribution in [2.75, 3.05) is 19.7 Å². The second kappa shape index (κ2) is 6.09. The summed E-state index contributed by atoms with van der Waals surface area (Å²) in [4.78, 5) is 11.7. The molecule has 1 aromatic carbocycles. The van der Waals surface area contributed by atoms with Gasteiger partial charge in [-0.2, -0.15) is 13.2 Å². The molecular weight excluding hydrogens is 305 g/mol. The maximum Gasteiger partial charge on any atom is 0.420 e. The quantitative estimate of drug-likeness (QED) is 0.684. The van der Waals surface area contributed by atoms with Crippen molar-refractivity contribution in [2.24, 2.45) is 0 Å². The molecule has 0 aromatic heterocycles. The number of phenolic OH excluding ortho intramolecular Hbond substituents is 1. The second-order valence-corrected chi connectivity index (χ2v) is 5.18. The molecule has 0 aliphatic carbocycles. The zero-order valence-electron chi connectivity index (χ0n) is 11.8. The van der Waals surface area contributed by atoms with E-state index in [1.54, 1.807) is 0 Å². The van der Waals surface area contributed by atoms with Gasteiger partial charge in [0.15, 0.2) is 0 Å². The van der Waals surface area contributed by atoms with Gasteiger partial charge in [-0.3, -0.25) is 15.0 Å². The van der Waals surface area contributed by atoms with Crippen LogP contribution in [0.3, 0.4) is 0 Å². The van der Waals surface area contributed by atoms with Gasteiger partial charge in [0.25, 0.3) is 0 Å². The largest absolute Gasteiger partial charge is 0.502 e. The van der Waals surface area contributed by atoms with Crippen molar-refractivity contribution >= 4 is 5.69 Å². The summed E-state index contributed by atoms with van der Waals surface area (Å²) < 4.78 is 44.0. The molecule has 122 valence electrons. The Morgan fingerprint density at radius 3 is 2.73 bits per heavy atom. The van der Waals surface area contributed by atoms with E-state index < -0.39 is 28.1 Å². The number of aromatic hydroxyl groups is 1. The molecule has 9 heteroatoms. The fourth-order valence-electron chi connectivity index (χ4n) is 2.42. The predicted molar refractivity (Wildman–Crippen MR) is 70.5 cm³/mol. The first-order chi connectivity index (χ1) is 10.2. The molecule has 6 nitrogen and oxygen atoms in total. The number of nitro groups is 1. The van der Waals surface area contributed by atoms with Gasteiger partial charge in [-0.05, 0) is 18.6 Å². The topological polar surface area (TPSA) is 75.8 Å². The van der Waals surface area contributed by atoms with Crippen LogP contribution < -0.4 is 0 Å². The number of morpholine rings is 1. The van der Waals surface area contributed by atoms with Crippen LogP contribution in [0.5, 0.6) is 5.75 Å². The van der Waals surface area contributed by atoms with Crippen LogP contribution in [-0.4, -0.2) is 40.7 Å². The zero-order valence-corrected chi connectivity index (χ0v) is 11.8. The lowest BCUT2D eigenvalue weighted by molar-refractivity contribution is -0.386. The molecule has 1 aliphatic rings. The number of benzene rings is 1. The number of nitro benzene ring substituents is 1. The normalized spacial score (nSPS) is 20.1. The average molecular weight is 320 g/mol. The minimum absolute atomic E-state index is 0.0528. The molecule has 0 amide bonds. The van der Waals surface area contributed by atoms with E-state index in [0.29, 0.717) is 19.7 Å². The van der Waals surface area contributed by atoms with Crippen LogP contribution in [0, 0.1) is 10.1 Å². The summed E-state index contributed by atoms with van der Waals surface area (Å²) in [5.74, 6) is -1.35. The average Bonchev–Trinajstić information content (AvgIpc) is 2.39. The van der Waals surface area contributed by atoms with E-state index in [0.717, 1.165) is 12.1 Å². The van der Waals surface area contributed by atoms with Crippen molar-refractivity contribution < 1.29 is 27.9 Å². The Bertz CT molecular complexity index is 577. The van der Waals surface area contributed by atoms with Gasteiger partial charge in [0, 0.05) is 25.7 Å². The first-order valence-electron chi connectivity index (χ1n) is 6.60. The van der Waals surface area contributed by atoms with Crippen molar-refractivity contribution in [3.8, 4) is 5.75 Å². The Kier molecular flexibility index (Phi) is 4.57. The van der Waals surface area contributed by atoms with Crippen LogP contribution in [0.25, 0.3) is 0 Å². The van der Waals surface area contributed by atoms with Gasteiger partial charge >= 0.3 is 11.9 Å². The summed E-state index contributed by atoms with van der Waals surface area (Å²) in [5, 5.41) is 20.3. The molecule has 1 aromatic rings. The Labute approximate surface area is 124 Å². The van der Waals surface area contributed by atoms with Gasteiger partial charge in [-0.25, -0.2) is 0 Å². The van der Waals surface area contributed by atoms with Crippen LogP contribution in [0.4, 0.5) is 18.9 Å². The van der Waals surface area contributed by atoms with E-state index in [4.69, 9.17) is 4.74 Å². The highest BCUT2D eigenvalue weighted by Crippen LogP contribution is 2.41. The van der Waals surface area contributed by atoms with E-state index in [1.807, 2.05) is 11.8 Å². The number of phenols is 1. The summed E-state index contributed by atoms with van der Waals surface area (Å²) in [6.07, 6.45) is -4.91. The Hall–Kier alpha value is -1.87. The minimum Gasteiger partial charge on any atom is -0.502 e. The zero-order chi connectivity index (χ0) is 16.5. The number of alkyl halides is 3. The van der Waals surface area contributed by atoms with Crippen LogP contribution >= 0.6 is 0 Å². The maximum atomic E-state index is 12.9. The van der Waals surface area contributed by atoms with Gasteiger partial charge in [-0.15, -0.1) is 0 Å². The van der Waals surface area contributed by atoms with E-state index in [1.165, 1.54) is 0 Å². The van der Waals surface area contributed by atoms with E-state index in [-0.39, 0.29) is 18.2 Å². The molecule has 2 rings (SSSR count). The highest BCUT2D eigenvalue weighted by atomic mass is 19.4. The number of rotatable bonds is 3. The maximum absolute atomic E-state index is 12.9. The number of ether oxygens (including phenoxy) is 1. The molecule has 0 bridgehead atoms. The summed E-state index contributed by atoms with van der Waals surface area (Å²) >= 11 is 0. The Balaban J connectivity index is 2.35. The molecule has 0 saturated carbocycles. The lowest BCUT2D eigenvalue weighted by atomic mass is 10.1. The lowest BCUT2D eigenvalue weighted by Crippen LogP contribution is -2.40. The standard InChI is InChI=1S/C13H15F3N2O4/c1-8-6-17(2-3-22-8)7-9-4-10(13(14,15)16)12(19)11(5-9)18(20)21/h4-5,8,19H,2-3,6-7H2,1H3/t8-/m1/s1. The van der Waals surface area contributed by atoms with Crippen molar-refractivity contribution in [2.45, 2.75) is 25.7 Å². The van der Waals surface area contributed by atoms with E-state index >= 15 is 0 Å². The molecule has 1 atom stereocenters. The number of nitrogens with zero attached hydrogens (tertiary/aromatic N) is 2. The van der Waals surface area contributed by atoms with Gasteiger partial charge in [0.2, 0.25) is 5.75 Å². The van der Waals surface area contributed by atoms with Crippen LogP contribution in [0.15, 0.2) is 12.1 Å². The number of hydrogen-bond donors (Lipinski definition) is 1. The van der Waals surface area contributed by atoms with Gasteiger partial charge in [0.05, 0.1) is 17.6 Å². The molecule has 0 spiro atoms. The summed E-state index contributed by atoms with van der Waals surface area (Å²) in [6, 6.07) is 1.73. The van der Waals surface area contributed by atoms with Gasteiger partial charge in [0.1, 0.15) is 5.56 Å². The smallest absolute Gasteiger partial charge is 0.420 e. The molecule has 1 fully saturated rings. The monoisotopic (exact) mass is 320 g/mol. The predicted octanol–water partition coefficient (Wildman–Crippen LogP) is 2.54. The third-order valence-electron chi connectivity index (χ3n) is 3.38. The van der Waals surface area contributed by atoms with Crippen molar-refractivity contribution in [1.82, 2.24) is 4.90 Å². The van der Waals surface area contributed by atoms with E-state index in [2.05, 4.69) is 0 Å². The van der Waals surface area contributed by atoms with Crippen molar-refractivity contribution in [3.63, 3.8) is 0 Å². The number of halogens is 3. The third-order valence-corrected chi connectivity index (χ3v) is 3.38. The van der Waals surface area contributed by atoms with Gasteiger partial charge < -0.3 is 9.84 Å². The summed E-state index contributed by atoms with van der Waals surface area (Å²) in [7, 11) is 0. The first kappa shape index (κ1) is 16.5. The highest BCUT2D eigenvalue weighted by molar-refractivity contribution is 5.54. The highest BCUT2D eigenvalue weighted by Gasteiger charge is 2.38. The van der Waals surface area contributed by atoms with Crippen LogP contribution in [-0.2, 0) is 17.5 Å². The second-order valence-electron chi connectivity index (χ2n) is 5.18. The number of hydrogen-bond acceptors (Lipinski definition) is 5. The molecular formula is C13H15F3N2O4. The van der Waals surface area contributed by atoms with Crippen LogP contribution in [0.2, 0.25) is 0 Å². The first-order valence-corrected chi connectivity index (χ1v) is 6.60. The minimum atomic E-state index is -4.86. The molecule has 1 heterocycles. The van der Waals surface area contributed by atoms with Crippen molar-refractivity contribution in [3.05, 3.63) is 33.4 Å². The molecule has 1 saturated heterocycles. The third kappa shape index (κ3) is 3.66. The molecule has 22 heavy (non-hydrogen) atoms. The van der Waals surface area contributed by atoms with Crippen LogP contribution in [0.1, 0.15) is 18.1 Å². The molecule has 0 radical (unpaired) electrons. The Morgan fingerprint density at radius 2 is 2.18 bits per heavy atom. The fraction of sp³-hybridized carbons (Fsp3) is 0.538.